The summed E-state index contributed by atoms with van der Waals surface area (Å²) in [6, 6.07) is 0. The van der Waals surface area contributed by atoms with Crippen LogP contribution in [0.15, 0.2) is 0 Å². The molecule has 0 N–H and O–H groups in total. The number of ether oxygens (including phenoxy) is 5. The third-order valence-electron chi connectivity index (χ3n) is 19.1. The number of fused-ring (bicyclic) bond motifs is 4. The molecule has 0 aliphatic heterocycles. The molecule has 8 aliphatic carbocycles. The van der Waals surface area contributed by atoms with E-state index in [1.54, 1.807) is 7.11 Å². The third-order valence-corrected chi connectivity index (χ3v) is 19.1. The topological polar surface area (TPSA) is 97.4 Å². The Morgan fingerprint density at radius 2 is 1.03 bits per heavy atom. The Hall–Kier alpha value is -1.67. The summed E-state index contributed by atoms with van der Waals surface area (Å²) in [7, 11) is 1.64. The molecule has 0 aromatic heterocycles. The van der Waals surface area contributed by atoms with E-state index in [1.165, 1.54) is 116 Å². The zero-order chi connectivity index (χ0) is 45.0. The monoisotopic (exact) mass is 899 g/mol. The van der Waals surface area contributed by atoms with E-state index in [1.807, 2.05) is 0 Å². The van der Waals surface area contributed by atoms with Gasteiger partial charge in [0.15, 0.2) is 0 Å². The number of carbonyl (C=O) groups excluding carboxylic acids is 3. The lowest BCUT2D eigenvalue weighted by atomic mass is 9.74. The van der Waals surface area contributed by atoms with Gasteiger partial charge >= 0.3 is 17.9 Å². The van der Waals surface area contributed by atoms with Gasteiger partial charge < -0.3 is 23.7 Å². The van der Waals surface area contributed by atoms with Crippen molar-refractivity contribution in [1.82, 2.24) is 0 Å². The van der Waals surface area contributed by atoms with Crippen LogP contribution in [0.3, 0.4) is 0 Å². The molecule has 0 spiro atoms. The predicted octanol–water partition coefficient (Wildman–Crippen LogP) is 13.7. The van der Waals surface area contributed by atoms with E-state index >= 15 is 0 Å². The lowest BCUT2D eigenvalue weighted by molar-refractivity contribution is -0.175. The standard InChI is InChI=1S/C21H34O2.C19H34O2.C15H26O4.CH4/c1-14-15(2)18-12-16(14)13-19(18)20(22)23-21(10-6-7-11-21)17-8-4-3-5-9-17;1-3-9-16(2)12-13-18(20)21-19(14-7-8-15-19)17-10-5-4-6-11-17;1-10-11(2)13-8-12(10)9-14(13)15(16)19-7-6-18-5-4-17-3;/h14-19H,3-13H2,1-2H3;16-17H,3-15H2,1-2H3;10-14H,4-9H2,1-3H3;1H4. The first kappa shape index (κ1) is 53.3. The number of rotatable bonds is 17. The predicted molar refractivity (Wildman–Crippen MR) is 257 cm³/mol. The van der Waals surface area contributed by atoms with Crippen molar-refractivity contribution in [3.05, 3.63) is 0 Å². The van der Waals surface area contributed by atoms with Crippen LogP contribution in [0.4, 0.5) is 0 Å². The Kier molecular flexibility index (Phi) is 21.3. The molecule has 4 bridgehead atoms. The molecule has 11 atom stereocenters. The molecule has 0 heterocycles. The largest absolute Gasteiger partial charge is 0.463 e. The van der Waals surface area contributed by atoms with Crippen LogP contribution >= 0.6 is 0 Å². The second kappa shape index (κ2) is 25.6. The van der Waals surface area contributed by atoms with Gasteiger partial charge in [-0.15, -0.1) is 0 Å². The lowest BCUT2D eigenvalue weighted by Crippen LogP contribution is -2.44. The Morgan fingerprint density at radius 3 is 1.48 bits per heavy atom. The number of esters is 3. The van der Waals surface area contributed by atoms with E-state index in [2.05, 4.69) is 41.5 Å². The highest BCUT2D eigenvalue weighted by molar-refractivity contribution is 5.74. The Morgan fingerprint density at radius 1 is 0.562 bits per heavy atom. The number of methoxy groups -OCH3 is 1. The molecule has 0 saturated heterocycles. The molecule has 8 heteroatoms. The van der Waals surface area contributed by atoms with E-state index in [0.717, 1.165) is 68.6 Å². The molecule has 8 aliphatic rings. The van der Waals surface area contributed by atoms with Crippen LogP contribution in [0.1, 0.15) is 216 Å². The fourth-order valence-electron chi connectivity index (χ4n) is 14.9. The molecular formula is C56H98O8. The fraction of sp³-hybridized carbons (Fsp3) is 0.946. The molecule has 8 fully saturated rings. The SMILES string of the molecule is C.CC1C2CC(C(=O)OC3(C4CCCCC4)CCCC3)C(C2)C1C.CCCC(C)CCC(=O)OC1(C2CCCCC2)CCCC1.COCCOCCOC(=O)C1CC2CC1C(C)C2C. The normalized spacial score (nSPS) is 34.2. The molecule has 0 aromatic carbocycles. The molecule has 0 aromatic rings. The van der Waals surface area contributed by atoms with Crippen molar-refractivity contribution in [3.63, 3.8) is 0 Å². The summed E-state index contributed by atoms with van der Waals surface area (Å²) in [6.07, 6.45) is 31.4. The van der Waals surface area contributed by atoms with E-state index in [9.17, 15) is 14.4 Å². The van der Waals surface area contributed by atoms with Gasteiger partial charge in [-0.3, -0.25) is 14.4 Å². The molecule has 8 rings (SSSR count). The van der Waals surface area contributed by atoms with E-state index < -0.39 is 0 Å². The van der Waals surface area contributed by atoms with Gasteiger partial charge in [-0.05, 0) is 174 Å². The molecule has 8 nitrogen and oxygen atoms in total. The van der Waals surface area contributed by atoms with Crippen molar-refractivity contribution in [2.45, 2.75) is 227 Å². The number of carbonyl (C=O) groups is 3. The minimum Gasteiger partial charge on any atom is -0.463 e. The van der Waals surface area contributed by atoms with E-state index in [4.69, 9.17) is 23.7 Å². The summed E-state index contributed by atoms with van der Waals surface area (Å²) in [5, 5.41) is 0. The van der Waals surface area contributed by atoms with Gasteiger partial charge in [0.05, 0.1) is 31.7 Å². The summed E-state index contributed by atoms with van der Waals surface area (Å²) >= 11 is 0. The van der Waals surface area contributed by atoms with Crippen LogP contribution in [0.5, 0.6) is 0 Å². The van der Waals surface area contributed by atoms with Gasteiger partial charge in [0.25, 0.3) is 0 Å². The van der Waals surface area contributed by atoms with Crippen molar-refractivity contribution in [2.24, 2.45) is 76.9 Å². The van der Waals surface area contributed by atoms with Crippen molar-refractivity contribution < 1.29 is 38.1 Å². The number of hydrogen-bond donors (Lipinski definition) is 0. The second-order valence-corrected chi connectivity index (χ2v) is 22.8. The zero-order valence-electron chi connectivity index (χ0n) is 41.5. The average Bonchev–Trinajstić information content (AvgIpc) is 4.18. The summed E-state index contributed by atoms with van der Waals surface area (Å²) in [4.78, 5) is 37.5. The molecule has 0 radical (unpaired) electrons. The molecule has 8 saturated carbocycles. The molecular weight excluding hydrogens is 801 g/mol. The van der Waals surface area contributed by atoms with Crippen LogP contribution < -0.4 is 0 Å². The van der Waals surface area contributed by atoms with Crippen LogP contribution in [0, 0.1) is 76.9 Å². The lowest BCUT2D eigenvalue weighted by Gasteiger charge is -2.41. The summed E-state index contributed by atoms with van der Waals surface area (Å²) in [5.41, 5.74) is -0.153. The maximum Gasteiger partial charge on any atom is 0.309 e. The Labute approximate surface area is 392 Å². The van der Waals surface area contributed by atoms with E-state index in [0.29, 0.717) is 74.3 Å². The van der Waals surface area contributed by atoms with Crippen LogP contribution in [-0.4, -0.2) is 62.6 Å². The first-order chi connectivity index (χ1) is 30.4. The van der Waals surface area contributed by atoms with Gasteiger partial charge in [-0.2, -0.15) is 0 Å². The maximum atomic E-state index is 13.1. The summed E-state index contributed by atoms with van der Waals surface area (Å²) in [6.45, 7) is 15.8. The van der Waals surface area contributed by atoms with Gasteiger partial charge in [0, 0.05) is 13.5 Å². The van der Waals surface area contributed by atoms with Crippen LogP contribution in [0.25, 0.3) is 0 Å². The quantitative estimate of drug-likeness (QED) is 0.0809. The highest BCUT2D eigenvalue weighted by Gasteiger charge is 2.55. The molecule has 0 amide bonds. The summed E-state index contributed by atoms with van der Waals surface area (Å²) in [5.74, 6) is 8.15. The first-order valence-corrected chi connectivity index (χ1v) is 27.1. The van der Waals surface area contributed by atoms with Gasteiger partial charge in [-0.25, -0.2) is 0 Å². The first-order valence-electron chi connectivity index (χ1n) is 27.1. The minimum absolute atomic E-state index is 0. The Balaban J connectivity index is 0.000000180. The zero-order valence-corrected chi connectivity index (χ0v) is 41.5. The smallest absolute Gasteiger partial charge is 0.309 e. The van der Waals surface area contributed by atoms with Gasteiger partial charge in [0.2, 0.25) is 0 Å². The van der Waals surface area contributed by atoms with Crippen LogP contribution in [0.2, 0.25) is 0 Å². The molecule has 64 heavy (non-hydrogen) atoms. The molecule has 370 valence electrons. The van der Waals surface area contributed by atoms with E-state index in [-0.39, 0.29) is 48.4 Å². The van der Waals surface area contributed by atoms with Crippen molar-refractivity contribution in [1.29, 1.82) is 0 Å². The van der Waals surface area contributed by atoms with Crippen molar-refractivity contribution in [3.8, 4) is 0 Å². The van der Waals surface area contributed by atoms with Crippen molar-refractivity contribution in [2.75, 3.05) is 33.5 Å². The van der Waals surface area contributed by atoms with Gasteiger partial charge in [-0.1, -0.05) is 100 Å². The second-order valence-electron chi connectivity index (χ2n) is 22.8. The fourth-order valence-corrected chi connectivity index (χ4v) is 14.9. The number of hydrogen-bond acceptors (Lipinski definition) is 8. The highest BCUT2D eigenvalue weighted by Crippen LogP contribution is 2.57. The minimum atomic E-state index is -0.0779. The third kappa shape index (κ3) is 13.3. The molecule has 11 unspecified atom stereocenters. The average molecular weight is 899 g/mol. The van der Waals surface area contributed by atoms with Gasteiger partial charge in [0.1, 0.15) is 17.8 Å². The van der Waals surface area contributed by atoms with Crippen LogP contribution in [-0.2, 0) is 38.1 Å². The Bertz CT molecular complexity index is 1380. The maximum absolute atomic E-state index is 13.1. The highest BCUT2D eigenvalue weighted by atomic mass is 16.6. The summed E-state index contributed by atoms with van der Waals surface area (Å²) < 4.78 is 28.0. The van der Waals surface area contributed by atoms with Crippen molar-refractivity contribution >= 4 is 17.9 Å².